The molecule has 0 bridgehead atoms. The molecule has 0 spiro atoms. The van der Waals surface area contributed by atoms with E-state index in [2.05, 4.69) is 6.58 Å². The highest BCUT2D eigenvalue weighted by Crippen LogP contribution is 2.27. The van der Waals surface area contributed by atoms with E-state index < -0.39 is 10.0 Å². The number of nitrogens with zero attached hydrogens (tertiary/aromatic N) is 1. The quantitative estimate of drug-likeness (QED) is 0.770. The summed E-state index contributed by atoms with van der Waals surface area (Å²) in [6, 6.07) is 10.2. The Morgan fingerprint density at radius 3 is 2.50 bits per heavy atom. The van der Waals surface area contributed by atoms with Crippen LogP contribution in [0.15, 0.2) is 58.6 Å². The summed E-state index contributed by atoms with van der Waals surface area (Å²) in [5.41, 5.74) is 0.583. The van der Waals surface area contributed by atoms with Crippen LogP contribution in [0.1, 0.15) is 0 Å². The predicted molar refractivity (Wildman–Crippen MR) is 82.0 cm³/mol. The van der Waals surface area contributed by atoms with Crippen molar-refractivity contribution < 1.29 is 13.2 Å². The van der Waals surface area contributed by atoms with E-state index in [4.69, 9.17) is 4.74 Å². The SMILES string of the molecule is C=CCN(c1ccc(OC)cc1)S(=O)(=O)c1cccs1. The van der Waals surface area contributed by atoms with Crippen molar-refractivity contribution in [2.45, 2.75) is 4.21 Å². The van der Waals surface area contributed by atoms with Crippen LogP contribution in [-0.4, -0.2) is 22.1 Å². The van der Waals surface area contributed by atoms with Crippen LogP contribution in [0.5, 0.6) is 5.75 Å². The van der Waals surface area contributed by atoms with Gasteiger partial charge in [-0.2, -0.15) is 0 Å². The number of ether oxygens (including phenoxy) is 1. The summed E-state index contributed by atoms with van der Waals surface area (Å²) in [6.45, 7) is 3.84. The summed E-state index contributed by atoms with van der Waals surface area (Å²) in [6.07, 6.45) is 1.56. The minimum absolute atomic E-state index is 0.215. The maximum Gasteiger partial charge on any atom is 0.274 e. The van der Waals surface area contributed by atoms with Gasteiger partial charge in [-0.1, -0.05) is 12.1 Å². The van der Waals surface area contributed by atoms with E-state index in [9.17, 15) is 8.42 Å². The van der Waals surface area contributed by atoms with Gasteiger partial charge in [-0.3, -0.25) is 4.31 Å². The Hall–Kier alpha value is -1.79. The van der Waals surface area contributed by atoms with Crippen molar-refractivity contribution in [2.75, 3.05) is 18.0 Å². The van der Waals surface area contributed by atoms with Crippen LogP contribution in [-0.2, 0) is 10.0 Å². The first-order valence-electron chi connectivity index (χ1n) is 5.91. The molecule has 0 atom stereocenters. The molecule has 0 aliphatic heterocycles. The zero-order chi connectivity index (χ0) is 14.6. The lowest BCUT2D eigenvalue weighted by molar-refractivity contribution is 0.415. The van der Waals surface area contributed by atoms with Gasteiger partial charge in [0.2, 0.25) is 0 Å². The topological polar surface area (TPSA) is 46.6 Å². The third-order valence-corrected chi connectivity index (χ3v) is 5.86. The van der Waals surface area contributed by atoms with Crippen molar-refractivity contribution in [3.05, 3.63) is 54.4 Å². The van der Waals surface area contributed by atoms with E-state index in [0.29, 0.717) is 15.6 Å². The predicted octanol–water partition coefficient (Wildman–Crippen LogP) is 3.14. The van der Waals surface area contributed by atoms with E-state index >= 15 is 0 Å². The molecule has 0 aliphatic carbocycles. The van der Waals surface area contributed by atoms with E-state index in [-0.39, 0.29) is 6.54 Å². The minimum Gasteiger partial charge on any atom is -0.497 e. The van der Waals surface area contributed by atoms with Crippen LogP contribution in [0.25, 0.3) is 0 Å². The monoisotopic (exact) mass is 309 g/mol. The molecule has 20 heavy (non-hydrogen) atoms. The summed E-state index contributed by atoms with van der Waals surface area (Å²) in [4.78, 5) is 0. The van der Waals surface area contributed by atoms with Gasteiger partial charge >= 0.3 is 0 Å². The molecular weight excluding hydrogens is 294 g/mol. The Morgan fingerprint density at radius 2 is 2.00 bits per heavy atom. The average Bonchev–Trinajstić information content (AvgIpc) is 3.00. The number of benzene rings is 1. The lowest BCUT2D eigenvalue weighted by atomic mass is 10.3. The van der Waals surface area contributed by atoms with Crippen molar-refractivity contribution in [3.63, 3.8) is 0 Å². The van der Waals surface area contributed by atoms with Crippen molar-refractivity contribution >= 4 is 27.0 Å². The maximum absolute atomic E-state index is 12.6. The average molecular weight is 309 g/mol. The third-order valence-electron chi connectivity index (χ3n) is 2.69. The molecule has 2 aromatic rings. The number of hydrogen-bond donors (Lipinski definition) is 0. The third kappa shape index (κ3) is 2.86. The first-order valence-corrected chi connectivity index (χ1v) is 8.22. The van der Waals surface area contributed by atoms with Crippen molar-refractivity contribution in [3.8, 4) is 5.75 Å². The zero-order valence-corrected chi connectivity index (χ0v) is 12.7. The van der Waals surface area contributed by atoms with E-state index in [1.165, 1.54) is 15.6 Å². The van der Waals surface area contributed by atoms with Crippen molar-refractivity contribution in [1.82, 2.24) is 0 Å². The molecular formula is C14H15NO3S2. The number of rotatable bonds is 6. The Morgan fingerprint density at radius 1 is 1.30 bits per heavy atom. The highest BCUT2D eigenvalue weighted by Gasteiger charge is 2.24. The van der Waals surface area contributed by atoms with Gasteiger partial charge < -0.3 is 4.74 Å². The molecule has 0 fully saturated rings. The fourth-order valence-electron chi connectivity index (χ4n) is 1.73. The standard InChI is InChI=1S/C14H15NO3S2/c1-3-10-15(12-6-8-13(18-2)9-7-12)20(16,17)14-5-4-11-19-14/h3-9,11H,1,10H2,2H3. The number of thiophene rings is 1. The molecule has 0 amide bonds. The lowest BCUT2D eigenvalue weighted by Gasteiger charge is -2.22. The van der Waals surface area contributed by atoms with E-state index in [0.717, 1.165) is 0 Å². The van der Waals surface area contributed by atoms with Gasteiger partial charge in [0.1, 0.15) is 9.96 Å². The second-order valence-corrected chi connectivity index (χ2v) is 6.99. The Labute approximate surface area is 123 Å². The normalized spacial score (nSPS) is 11.1. The highest BCUT2D eigenvalue weighted by molar-refractivity contribution is 7.94. The Balaban J connectivity index is 2.42. The molecule has 0 unspecified atom stereocenters. The molecule has 1 heterocycles. The lowest BCUT2D eigenvalue weighted by Crippen LogP contribution is -2.30. The first kappa shape index (κ1) is 14.6. The van der Waals surface area contributed by atoms with Gasteiger partial charge in [-0.15, -0.1) is 17.9 Å². The van der Waals surface area contributed by atoms with Crippen molar-refractivity contribution in [1.29, 1.82) is 0 Å². The molecule has 0 saturated heterocycles. The van der Waals surface area contributed by atoms with Crippen LogP contribution in [0.4, 0.5) is 5.69 Å². The van der Waals surface area contributed by atoms with Crippen LogP contribution >= 0.6 is 11.3 Å². The smallest absolute Gasteiger partial charge is 0.274 e. The molecule has 0 aliphatic rings. The molecule has 2 rings (SSSR count). The maximum atomic E-state index is 12.6. The molecule has 4 nitrogen and oxygen atoms in total. The van der Waals surface area contributed by atoms with Crippen molar-refractivity contribution in [2.24, 2.45) is 0 Å². The van der Waals surface area contributed by atoms with Crippen LogP contribution < -0.4 is 9.04 Å². The van der Waals surface area contributed by atoms with Gasteiger partial charge in [-0.25, -0.2) is 8.42 Å². The Bertz CT molecular complexity index is 661. The summed E-state index contributed by atoms with van der Waals surface area (Å²) >= 11 is 1.20. The number of sulfonamides is 1. The Kier molecular flexibility index (Phi) is 4.46. The van der Waals surface area contributed by atoms with Gasteiger partial charge in [0.15, 0.2) is 0 Å². The molecule has 1 aromatic carbocycles. The number of methoxy groups -OCH3 is 1. The molecule has 0 N–H and O–H groups in total. The molecule has 106 valence electrons. The molecule has 0 radical (unpaired) electrons. The molecule has 0 saturated carbocycles. The van der Waals surface area contributed by atoms with Gasteiger partial charge in [0, 0.05) is 0 Å². The number of hydrogen-bond acceptors (Lipinski definition) is 4. The fourth-order valence-corrected chi connectivity index (χ4v) is 4.27. The van der Waals surface area contributed by atoms with E-state index in [1.54, 1.807) is 55.0 Å². The van der Waals surface area contributed by atoms with Crippen LogP contribution in [0.3, 0.4) is 0 Å². The molecule has 6 heteroatoms. The van der Waals surface area contributed by atoms with Crippen LogP contribution in [0, 0.1) is 0 Å². The molecule has 1 aromatic heterocycles. The summed E-state index contributed by atoms with van der Waals surface area (Å²) in [5.74, 6) is 0.681. The van der Waals surface area contributed by atoms with E-state index in [1.807, 2.05) is 0 Å². The highest BCUT2D eigenvalue weighted by atomic mass is 32.2. The first-order chi connectivity index (χ1) is 9.59. The second-order valence-electron chi connectivity index (χ2n) is 3.95. The summed E-state index contributed by atoms with van der Waals surface area (Å²) in [7, 11) is -1.98. The second kappa shape index (κ2) is 6.11. The number of anilines is 1. The summed E-state index contributed by atoms with van der Waals surface area (Å²) < 4.78 is 31.9. The van der Waals surface area contributed by atoms with Gasteiger partial charge in [0.05, 0.1) is 19.3 Å². The fraction of sp³-hybridized carbons (Fsp3) is 0.143. The summed E-state index contributed by atoms with van der Waals surface area (Å²) in [5, 5.41) is 1.74. The largest absolute Gasteiger partial charge is 0.497 e. The zero-order valence-electron chi connectivity index (χ0n) is 11.0. The van der Waals surface area contributed by atoms with Gasteiger partial charge in [-0.05, 0) is 35.7 Å². The van der Waals surface area contributed by atoms with Crippen LogP contribution in [0.2, 0.25) is 0 Å². The minimum atomic E-state index is -3.55. The van der Waals surface area contributed by atoms with Gasteiger partial charge in [0.25, 0.3) is 10.0 Å².